The van der Waals surface area contributed by atoms with Crippen molar-refractivity contribution in [3.8, 4) is 0 Å². The summed E-state index contributed by atoms with van der Waals surface area (Å²) in [7, 11) is 0. The fraction of sp³-hybridized carbons (Fsp3) is 0.762. The molecule has 0 aromatic carbocycles. The van der Waals surface area contributed by atoms with Crippen molar-refractivity contribution >= 4 is 29.8 Å². The van der Waals surface area contributed by atoms with Crippen LogP contribution in [0.2, 0.25) is 0 Å². The number of halogens is 1. The molecule has 0 N–H and O–H groups in total. The lowest BCUT2D eigenvalue weighted by Gasteiger charge is -2.44. The van der Waals surface area contributed by atoms with Crippen LogP contribution in [0.25, 0.3) is 0 Å². The van der Waals surface area contributed by atoms with Crippen molar-refractivity contribution < 1.29 is 61.5 Å². The lowest BCUT2D eigenvalue weighted by Crippen LogP contribution is -2.59. The average molecular weight is 494 g/mol. The molecule has 1 rings (SSSR count). The molecule has 1 heterocycles. The minimum absolute atomic E-state index is 0.226. The van der Waals surface area contributed by atoms with Crippen LogP contribution in [-0.2, 0) is 57.1 Å². The first-order valence-electron chi connectivity index (χ1n) is 10.7. The normalized spacial score (nSPS) is 24.5. The third-order valence-corrected chi connectivity index (χ3v) is 4.71. The summed E-state index contributed by atoms with van der Waals surface area (Å²) in [6.07, 6.45) is -5.12. The summed E-state index contributed by atoms with van der Waals surface area (Å²) >= 11 is 0. The van der Waals surface area contributed by atoms with Gasteiger partial charge in [0.05, 0.1) is 13.2 Å². The third-order valence-electron chi connectivity index (χ3n) is 4.71. The van der Waals surface area contributed by atoms with Gasteiger partial charge in [0.2, 0.25) is 0 Å². The Morgan fingerprint density at radius 2 is 1.32 bits per heavy atom. The molecule has 12 nitrogen and oxygen atoms in total. The maximum Gasteiger partial charge on any atom is 0.358 e. The van der Waals surface area contributed by atoms with E-state index < -0.39 is 72.6 Å². The van der Waals surface area contributed by atoms with E-state index in [-0.39, 0.29) is 19.8 Å². The monoisotopic (exact) mass is 494 g/mol. The highest BCUT2D eigenvalue weighted by molar-refractivity contribution is 6.03. The Morgan fingerprint density at radius 3 is 1.76 bits per heavy atom. The zero-order valence-electron chi connectivity index (χ0n) is 20.0. The number of hydrogen-bond acceptors (Lipinski definition) is 12. The van der Waals surface area contributed by atoms with Crippen molar-refractivity contribution in [2.24, 2.45) is 5.92 Å². The predicted octanol–water partition coefficient (Wildman–Crippen LogP) is 0.625. The first kappa shape index (κ1) is 29.2. The zero-order chi connectivity index (χ0) is 26.1. The summed E-state index contributed by atoms with van der Waals surface area (Å²) in [4.78, 5) is 59.0. The van der Waals surface area contributed by atoms with Crippen LogP contribution >= 0.6 is 0 Å². The highest BCUT2D eigenvalue weighted by atomic mass is 19.1. The van der Waals surface area contributed by atoms with Gasteiger partial charge < -0.3 is 33.2 Å². The van der Waals surface area contributed by atoms with Gasteiger partial charge in [-0.1, -0.05) is 6.92 Å². The first-order valence-corrected chi connectivity index (χ1v) is 10.7. The smallest absolute Gasteiger partial charge is 0.358 e. The van der Waals surface area contributed by atoms with E-state index >= 15 is 4.39 Å². The predicted molar refractivity (Wildman–Crippen MR) is 109 cm³/mol. The number of alkyl halides is 1. The van der Waals surface area contributed by atoms with Gasteiger partial charge in [0, 0.05) is 26.7 Å². The van der Waals surface area contributed by atoms with E-state index in [1.807, 2.05) is 0 Å². The molecule has 34 heavy (non-hydrogen) atoms. The van der Waals surface area contributed by atoms with E-state index in [9.17, 15) is 24.0 Å². The number of carbonyl (C=O) groups excluding carboxylic acids is 5. The van der Waals surface area contributed by atoms with Gasteiger partial charge in [-0.2, -0.15) is 0 Å². The second kappa shape index (κ2) is 13.2. The Labute approximate surface area is 196 Å². The summed E-state index contributed by atoms with van der Waals surface area (Å²) in [5.74, 6) is -5.90. The van der Waals surface area contributed by atoms with E-state index in [2.05, 4.69) is 9.47 Å². The van der Waals surface area contributed by atoms with Crippen molar-refractivity contribution in [3.05, 3.63) is 0 Å². The Hall–Kier alpha value is -2.80. The molecule has 0 aliphatic carbocycles. The number of carbonyl (C=O) groups is 5. The molecular weight excluding hydrogens is 463 g/mol. The maximum absolute atomic E-state index is 15.4. The molecule has 1 aliphatic rings. The molecule has 0 spiro atoms. The fourth-order valence-corrected chi connectivity index (χ4v) is 3.13. The third kappa shape index (κ3) is 7.90. The maximum atomic E-state index is 15.4. The molecule has 1 unspecified atom stereocenters. The van der Waals surface area contributed by atoms with Gasteiger partial charge in [-0.15, -0.1) is 0 Å². The fourth-order valence-electron chi connectivity index (χ4n) is 3.13. The highest BCUT2D eigenvalue weighted by Crippen LogP contribution is 2.32. The number of ether oxygens (including phenoxy) is 7. The summed E-state index contributed by atoms with van der Waals surface area (Å²) in [5.41, 5.74) is -3.36. The van der Waals surface area contributed by atoms with Crippen LogP contribution in [0.3, 0.4) is 0 Å². The van der Waals surface area contributed by atoms with Gasteiger partial charge >= 0.3 is 35.5 Å². The Bertz CT molecular complexity index is 736. The first-order chi connectivity index (χ1) is 15.9. The molecule has 1 fully saturated rings. The van der Waals surface area contributed by atoms with Crippen LogP contribution in [0.5, 0.6) is 0 Å². The van der Waals surface area contributed by atoms with E-state index in [1.165, 1.54) is 20.8 Å². The number of rotatable bonds is 11. The van der Waals surface area contributed by atoms with Crippen LogP contribution in [-0.4, -0.2) is 86.5 Å². The van der Waals surface area contributed by atoms with Crippen LogP contribution < -0.4 is 0 Å². The van der Waals surface area contributed by atoms with E-state index in [4.69, 9.17) is 23.7 Å². The average Bonchev–Trinajstić information content (AvgIpc) is 2.74. The molecule has 1 saturated heterocycles. The quantitative estimate of drug-likeness (QED) is 0.225. The van der Waals surface area contributed by atoms with Gasteiger partial charge in [0.15, 0.2) is 12.4 Å². The molecule has 0 aromatic rings. The summed E-state index contributed by atoms with van der Waals surface area (Å²) in [5, 5.41) is 0. The molecule has 0 aromatic heterocycles. The Balaban J connectivity index is 3.28. The Kier molecular flexibility index (Phi) is 11.3. The molecule has 194 valence electrons. The van der Waals surface area contributed by atoms with Crippen molar-refractivity contribution in [2.75, 3.05) is 26.4 Å². The van der Waals surface area contributed by atoms with Gasteiger partial charge in [-0.05, 0) is 13.8 Å². The van der Waals surface area contributed by atoms with E-state index in [0.29, 0.717) is 0 Å². The lowest BCUT2D eigenvalue weighted by molar-refractivity contribution is -0.299. The molecular formula is C21H31FO12. The number of hydrogen-bond donors (Lipinski definition) is 0. The molecule has 0 bridgehead atoms. The largest absolute Gasteiger partial charge is 0.463 e. The van der Waals surface area contributed by atoms with Crippen molar-refractivity contribution in [1.82, 2.24) is 0 Å². The van der Waals surface area contributed by atoms with Gasteiger partial charge in [0.1, 0.15) is 25.4 Å². The highest BCUT2D eigenvalue weighted by Gasteiger charge is 2.54. The second-order valence-corrected chi connectivity index (χ2v) is 7.41. The van der Waals surface area contributed by atoms with Crippen LogP contribution in [0, 0.1) is 5.92 Å². The minimum atomic E-state index is -3.36. The van der Waals surface area contributed by atoms with E-state index in [0.717, 1.165) is 13.8 Å². The second-order valence-electron chi connectivity index (χ2n) is 7.41. The lowest BCUT2D eigenvalue weighted by atomic mass is 9.90. The van der Waals surface area contributed by atoms with Crippen molar-refractivity contribution in [2.45, 2.75) is 71.8 Å². The number of esters is 5. The van der Waals surface area contributed by atoms with Gasteiger partial charge in [-0.3, -0.25) is 14.4 Å². The van der Waals surface area contributed by atoms with Crippen molar-refractivity contribution in [1.29, 1.82) is 0 Å². The molecule has 0 saturated carbocycles. The van der Waals surface area contributed by atoms with Gasteiger partial charge in [-0.25, -0.2) is 14.0 Å². The molecule has 1 aliphatic heterocycles. The summed E-state index contributed by atoms with van der Waals surface area (Å²) in [6, 6.07) is 0. The molecule has 5 atom stereocenters. The van der Waals surface area contributed by atoms with Crippen LogP contribution in [0.1, 0.15) is 41.5 Å². The van der Waals surface area contributed by atoms with Crippen molar-refractivity contribution in [3.63, 3.8) is 0 Å². The minimum Gasteiger partial charge on any atom is -0.463 e. The van der Waals surface area contributed by atoms with E-state index in [1.54, 1.807) is 6.92 Å². The standard InChI is InChI=1S/C21H31FO12/c1-7-28-19(26)21(22,20(27)29-8-2)10-31-18-17(33-14(6)25)16(32-13(5)24)11(3)15(34-18)9-30-12(4)23/h11,15-18H,7-10H2,1-6H3/t11-,15-,16+,17-,18?/m1/s1. The van der Waals surface area contributed by atoms with Crippen LogP contribution in [0.4, 0.5) is 4.39 Å². The van der Waals surface area contributed by atoms with Gasteiger partial charge in [0.25, 0.3) is 0 Å². The summed E-state index contributed by atoms with van der Waals surface area (Å²) in [6.45, 7) is 5.81. The molecule has 0 amide bonds. The topological polar surface area (TPSA) is 150 Å². The summed E-state index contributed by atoms with van der Waals surface area (Å²) < 4.78 is 51.3. The molecule has 0 radical (unpaired) electrons. The SMILES string of the molecule is CCOC(=O)C(F)(COC1O[C@H](COC(C)=O)[C@@H](C)[C@H](OC(C)=O)[C@H]1OC(C)=O)C(=O)OCC. The Morgan fingerprint density at radius 1 is 0.824 bits per heavy atom. The van der Waals surface area contributed by atoms with Crippen LogP contribution in [0.15, 0.2) is 0 Å². The molecule has 13 heteroatoms. The zero-order valence-corrected chi connectivity index (χ0v) is 20.0.